The number of nitrogens with two attached hydrogens (primary N) is 1. The Labute approximate surface area is 153 Å². The maximum atomic E-state index is 12.3. The molecule has 0 saturated carbocycles. The van der Waals surface area contributed by atoms with E-state index >= 15 is 0 Å². The van der Waals surface area contributed by atoms with Crippen molar-refractivity contribution in [3.63, 3.8) is 0 Å². The van der Waals surface area contributed by atoms with E-state index in [4.69, 9.17) is 5.73 Å². The van der Waals surface area contributed by atoms with E-state index in [9.17, 15) is 9.90 Å². The summed E-state index contributed by atoms with van der Waals surface area (Å²) in [5.41, 5.74) is 6.02. The van der Waals surface area contributed by atoms with Gasteiger partial charge in [-0.15, -0.1) is 0 Å². The van der Waals surface area contributed by atoms with Crippen LogP contribution in [-0.4, -0.2) is 30.0 Å². The van der Waals surface area contributed by atoms with Gasteiger partial charge < -0.3 is 21.5 Å². The first-order valence-electron chi connectivity index (χ1n) is 10.1. The SMILES string of the molecule is CCC(C)C(N)NCCCC(O)NC(=O)C(C)CC1CCC=CCC1. The maximum Gasteiger partial charge on any atom is 0.224 e. The Morgan fingerprint density at radius 2 is 1.92 bits per heavy atom. The molecule has 0 radical (unpaired) electrons. The second-order valence-corrected chi connectivity index (χ2v) is 7.66. The highest BCUT2D eigenvalue weighted by molar-refractivity contribution is 5.78. The van der Waals surface area contributed by atoms with Gasteiger partial charge in [0.1, 0.15) is 6.23 Å². The third-order valence-corrected chi connectivity index (χ3v) is 5.38. The predicted octanol–water partition coefficient (Wildman–Crippen LogP) is 2.89. The Bertz CT molecular complexity index is 390. The zero-order valence-corrected chi connectivity index (χ0v) is 16.3. The predicted molar refractivity (Wildman–Crippen MR) is 104 cm³/mol. The molecule has 0 aromatic carbocycles. The lowest BCUT2D eigenvalue weighted by Crippen LogP contribution is -2.43. The van der Waals surface area contributed by atoms with Gasteiger partial charge in [-0.2, -0.15) is 0 Å². The Balaban J connectivity index is 2.17. The number of amides is 1. The number of nitrogens with one attached hydrogen (secondary N) is 2. The van der Waals surface area contributed by atoms with Crippen LogP contribution in [0, 0.1) is 17.8 Å². The van der Waals surface area contributed by atoms with Crippen LogP contribution in [0.3, 0.4) is 0 Å². The standard InChI is InChI=1S/C20H39N3O2/c1-4-15(2)19(21)22-13-9-12-18(24)23-20(25)16(3)14-17-10-7-5-6-8-11-17/h5-6,15-19,22,24H,4,7-14,21H2,1-3H3,(H,23,25). The van der Waals surface area contributed by atoms with Crippen molar-refractivity contribution in [2.75, 3.05) is 6.54 Å². The third-order valence-electron chi connectivity index (χ3n) is 5.38. The Hall–Kier alpha value is -0.910. The molecule has 5 nitrogen and oxygen atoms in total. The Kier molecular flexibility index (Phi) is 11.0. The minimum atomic E-state index is -0.771. The monoisotopic (exact) mass is 353 g/mol. The molecule has 146 valence electrons. The molecule has 1 aliphatic carbocycles. The van der Waals surface area contributed by atoms with Crippen molar-refractivity contribution in [2.45, 2.75) is 84.5 Å². The minimum absolute atomic E-state index is 0.00850. The van der Waals surface area contributed by atoms with Crippen LogP contribution in [0.2, 0.25) is 0 Å². The van der Waals surface area contributed by atoms with Gasteiger partial charge in [0.2, 0.25) is 5.91 Å². The molecule has 1 amide bonds. The van der Waals surface area contributed by atoms with Gasteiger partial charge in [0.25, 0.3) is 0 Å². The van der Waals surface area contributed by atoms with Crippen LogP contribution in [0.15, 0.2) is 12.2 Å². The van der Waals surface area contributed by atoms with E-state index in [0.29, 0.717) is 18.3 Å². The molecule has 1 rings (SSSR count). The summed E-state index contributed by atoms with van der Waals surface area (Å²) in [7, 11) is 0. The molecule has 0 aliphatic heterocycles. The second-order valence-electron chi connectivity index (χ2n) is 7.66. The molecule has 0 bridgehead atoms. The normalized spacial score (nSPS) is 20.5. The number of rotatable bonds is 11. The van der Waals surface area contributed by atoms with E-state index in [1.54, 1.807) is 0 Å². The van der Waals surface area contributed by atoms with Crippen LogP contribution in [0.5, 0.6) is 0 Å². The summed E-state index contributed by atoms with van der Waals surface area (Å²) in [5, 5.41) is 16.1. The average Bonchev–Trinajstić information content (AvgIpc) is 2.86. The van der Waals surface area contributed by atoms with Gasteiger partial charge in [-0.25, -0.2) is 0 Å². The fourth-order valence-electron chi connectivity index (χ4n) is 3.28. The molecule has 0 heterocycles. The molecule has 0 aromatic heterocycles. The average molecular weight is 354 g/mol. The van der Waals surface area contributed by atoms with Crippen LogP contribution in [0.25, 0.3) is 0 Å². The van der Waals surface area contributed by atoms with Gasteiger partial charge in [0.05, 0.1) is 6.17 Å². The molecule has 0 saturated heterocycles. The number of hydrogen-bond acceptors (Lipinski definition) is 4. The van der Waals surface area contributed by atoms with Crippen molar-refractivity contribution in [1.82, 2.24) is 10.6 Å². The first kappa shape index (κ1) is 22.1. The van der Waals surface area contributed by atoms with Crippen LogP contribution in [0.4, 0.5) is 0 Å². The van der Waals surface area contributed by atoms with E-state index < -0.39 is 6.23 Å². The topological polar surface area (TPSA) is 87.4 Å². The van der Waals surface area contributed by atoms with E-state index in [-0.39, 0.29) is 18.0 Å². The van der Waals surface area contributed by atoms with E-state index in [2.05, 4.69) is 36.6 Å². The molecule has 25 heavy (non-hydrogen) atoms. The first-order valence-corrected chi connectivity index (χ1v) is 10.1. The molecule has 0 fully saturated rings. The molecule has 0 spiro atoms. The molecular formula is C20H39N3O2. The third kappa shape index (κ3) is 9.38. The summed E-state index contributed by atoms with van der Waals surface area (Å²) in [6.07, 6.45) is 11.6. The molecule has 1 aliphatic rings. The van der Waals surface area contributed by atoms with Gasteiger partial charge in [-0.05, 0) is 63.3 Å². The van der Waals surface area contributed by atoms with Crippen LogP contribution in [0.1, 0.15) is 72.1 Å². The second kappa shape index (κ2) is 12.4. The number of aliphatic hydroxyl groups excluding tert-OH is 1. The molecule has 4 unspecified atom stereocenters. The van der Waals surface area contributed by atoms with Crippen LogP contribution < -0.4 is 16.4 Å². The highest BCUT2D eigenvalue weighted by Gasteiger charge is 2.20. The van der Waals surface area contributed by atoms with Crippen molar-refractivity contribution in [1.29, 1.82) is 0 Å². The summed E-state index contributed by atoms with van der Waals surface area (Å²) in [6, 6.07) is 0. The summed E-state index contributed by atoms with van der Waals surface area (Å²) in [5.74, 6) is 0.965. The van der Waals surface area contributed by atoms with Crippen molar-refractivity contribution in [2.24, 2.45) is 23.5 Å². The van der Waals surface area contributed by atoms with Crippen molar-refractivity contribution < 1.29 is 9.90 Å². The van der Waals surface area contributed by atoms with Gasteiger partial charge >= 0.3 is 0 Å². The number of allylic oxidation sites excluding steroid dienone is 2. The summed E-state index contributed by atoms with van der Waals surface area (Å²) < 4.78 is 0. The number of hydrogen-bond donors (Lipinski definition) is 4. The molecule has 4 atom stereocenters. The lowest BCUT2D eigenvalue weighted by atomic mass is 9.89. The van der Waals surface area contributed by atoms with Gasteiger partial charge in [-0.3, -0.25) is 4.79 Å². The molecule has 0 aromatic rings. The van der Waals surface area contributed by atoms with Crippen molar-refractivity contribution >= 4 is 5.91 Å². The van der Waals surface area contributed by atoms with E-state index in [1.165, 1.54) is 12.8 Å². The lowest BCUT2D eigenvalue weighted by Gasteiger charge is -2.22. The quantitative estimate of drug-likeness (QED) is 0.261. The zero-order chi connectivity index (χ0) is 18.7. The lowest BCUT2D eigenvalue weighted by molar-refractivity contribution is -0.128. The zero-order valence-electron chi connectivity index (χ0n) is 16.3. The smallest absolute Gasteiger partial charge is 0.224 e. The summed E-state index contributed by atoms with van der Waals surface area (Å²) in [6.45, 7) is 6.97. The fraction of sp³-hybridized carbons (Fsp3) is 0.850. The summed E-state index contributed by atoms with van der Waals surface area (Å²) in [4.78, 5) is 12.3. The maximum absolute atomic E-state index is 12.3. The van der Waals surface area contributed by atoms with Gasteiger partial charge in [0, 0.05) is 5.92 Å². The van der Waals surface area contributed by atoms with Gasteiger partial charge in [0.15, 0.2) is 0 Å². The van der Waals surface area contributed by atoms with Crippen LogP contribution >= 0.6 is 0 Å². The fourth-order valence-corrected chi connectivity index (χ4v) is 3.28. The number of aliphatic hydroxyl groups is 1. The minimum Gasteiger partial charge on any atom is -0.374 e. The van der Waals surface area contributed by atoms with Gasteiger partial charge in [-0.1, -0.05) is 39.3 Å². The largest absolute Gasteiger partial charge is 0.374 e. The summed E-state index contributed by atoms with van der Waals surface area (Å²) >= 11 is 0. The first-order chi connectivity index (χ1) is 11.9. The van der Waals surface area contributed by atoms with Crippen molar-refractivity contribution in [3.05, 3.63) is 12.2 Å². The van der Waals surface area contributed by atoms with Crippen molar-refractivity contribution in [3.8, 4) is 0 Å². The molecular weight excluding hydrogens is 314 g/mol. The number of carbonyl (C=O) groups excluding carboxylic acids is 1. The Morgan fingerprint density at radius 3 is 2.52 bits per heavy atom. The highest BCUT2D eigenvalue weighted by Crippen LogP contribution is 2.25. The number of carbonyl (C=O) groups is 1. The van der Waals surface area contributed by atoms with E-state index in [1.807, 2.05) is 6.92 Å². The Morgan fingerprint density at radius 1 is 1.28 bits per heavy atom. The van der Waals surface area contributed by atoms with E-state index in [0.717, 1.165) is 38.6 Å². The molecule has 5 heteroatoms. The molecule has 5 N–H and O–H groups in total. The highest BCUT2D eigenvalue weighted by atomic mass is 16.3. The van der Waals surface area contributed by atoms with Crippen LogP contribution in [-0.2, 0) is 4.79 Å².